The number of benzene rings is 2. The number of nitrogens with one attached hydrogen (secondary N) is 1. The van der Waals surface area contributed by atoms with Gasteiger partial charge in [-0.2, -0.15) is 5.10 Å². The lowest BCUT2D eigenvalue weighted by atomic mass is 9.99. The number of carbonyl (C=O) groups excluding carboxylic acids is 1. The number of nitrogens with zero attached hydrogens (tertiary/aromatic N) is 3. The van der Waals surface area contributed by atoms with E-state index in [1.807, 2.05) is 48.5 Å². The molecule has 2 aromatic heterocycles. The number of ether oxygens (including phenoxy) is 1. The van der Waals surface area contributed by atoms with Gasteiger partial charge in [0.2, 0.25) is 0 Å². The maximum atomic E-state index is 13.3. The monoisotopic (exact) mass is 412 g/mol. The molecule has 0 saturated carbocycles. The third-order valence-corrected chi connectivity index (χ3v) is 5.89. The van der Waals surface area contributed by atoms with E-state index in [0.29, 0.717) is 17.5 Å². The Morgan fingerprint density at radius 1 is 1.06 bits per heavy atom. The average Bonchev–Trinajstić information content (AvgIpc) is 3.03. The van der Waals surface area contributed by atoms with Gasteiger partial charge in [-0.05, 0) is 36.8 Å². The summed E-state index contributed by atoms with van der Waals surface area (Å²) in [7, 11) is 1.54. The van der Waals surface area contributed by atoms with Crippen molar-refractivity contribution in [2.24, 2.45) is 0 Å². The molecule has 31 heavy (non-hydrogen) atoms. The van der Waals surface area contributed by atoms with Crippen molar-refractivity contribution in [2.75, 3.05) is 12.0 Å². The third kappa shape index (κ3) is 2.93. The summed E-state index contributed by atoms with van der Waals surface area (Å²) in [5.41, 5.74) is 2.68. The fourth-order valence-corrected chi connectivity index (χ4v) is 4.16. The Labute approximate surface area is 178 Å². The minimum atomic E-state index is -1.06. The van der Waals surface area contributed by atoms with Crippen LogP contribution in [0, 0.1) is 0 Å². The molecular weight excluding hydrogens is 392 g/mol. The van der Waals surface area contributed by atoms with Crippen LogP contribution in [-0.2, 0) is 21.6 Å². The third-order valence-electron chi connectivity index (χ3n) is 5.89. The van der Waals surface area contributed by atoms with Gasteiger partial charge < -0.3 is 4.74 Å². The van der Waals surface area contributed by atoms with Crippen molar-refractivity contribution in [3.8, 4) is 0 Å². The normalized spacial score (nSPS) is 17.9. The highest BCUT2D eigenvalue weighted by atomic mass is 16.5. The Morgan fingerprint density at radius 3 is 2.68 bits per heavy atom. The van der Waals surface area contributed by atoms with Gasteiger partial charge in [-0.15, -0.1) is 0 Å². The van der Waals surface area contributed by atoms with Crippen molar-refractivity contribution in [1.82, 2.24) is 15.2 Å². The molecule has 0 spiro atoms. The van der Waals surface area contributed by atoms with E-state index in [4.69, 9.17) is 4.74 Å². The molecule has 3 heterocycles. The number of methoxy groups -OCH3 is 1. The van der Waals surface area contributed by atoms with E-state index < -0.39 is 5.60 Å². The first-order chi connectivity index (χ1) is 15.0. The van der Waals surface area contributed by atoms with Crippen LogP contribution in [0.25, 0.3) is 10.8 Å². The quantitative estimate of drug-likeness (QED) is 0.555. The van der Waals surface area contributed by atoms with Crippen molar-refractivity contribution in [3.05, 3.63) is 94.2 Å². The first kappa shape index (κ1) is 19.1. The number of rotatable bonds is 4. The number of anilines is 2. The van der Waals surface area contributed by atoms with Crippen LogP contribution < -0.4 is 10.5 Å². The molecule has 0 saturated heterocycles. The molecule has 1 atom stereocenters. The van der Waals surface area contributed by atoms with Crippen LogP contribution in [0.3, 0.4) is 0 Å². The highest BCUT2D eigenvalue weighted by Gasteiger charge is 2.48. The summed E-state index contributed by atoms with van der Waals surface area (Å²) in [5.74, 6) is -0.164. The first-order valence-corrected chi connectivity index (χ1v) is 9.92. The van der Waals surface area contributed by atoms with Crippen LogP contribution in [-0.4, -0.2) is 28.2 Å². The maximum absolute atomic E-state index is 13.3. The smallest absolute Gasteiger partial charge is 0.272 e. The molecule has 7 heteroatoms. The number of H-pyrrole nitrogens is 1. The fraction of sp³-hybridized carbons (Fsp3) is 0.167. The standard InChI is InChI=1S/C24H20N4O3/c1-24(31-2)19-10-11-25-14-21(19)28(23(24)30)16-7-5-6-15(12-16)13-20-17-8-3-4-9-18(17)22(29)27-26-20/h3-12,14H,13H2,1-2H3,(H,27,29). The molecule has 1 aliphatic heterocycles. The SMILES string of the molecule is COC1(C)C(=O)N(c2cccc(Cc3n[nH]c(=O)c4ccccc34)c2)c2cnccc21. The lowest BCUT2D eigenvalue weighted by Crippen LogP contribution is -2.37. The van der Waals surface area contributed by atoms with Crippen LogP contribution in [0.5, 0.6) is 0 Å². The van der Waals surface area contributed by atoms with E-state index >= 15 is 0 Å². The maximum Gasteiger partial charge on any atom is 0.272 e. The first-order valence-electron chi connectivity index (χ1n) is 9.92. The number of carbonyl (C=O) groups is 1. The Balaban J connectivity index is 1.56. The van der Waals surface area contributed by atoms with Gasteiger partial charge in [0.1, 0.15) is 0 Å². The summed E-state index contributed by atoms with van der Waals surface area (Å²) in [6.07, 6.45) is 3.85. The van der Waals surface area contributed by atoms with E-state index in [1.165, 1.54) is 7.11 Å². The number of amides is 1. The number of pyridine rings is 1. The van der Waals surface area contributed by atoms with Crippen molar-refractivity contribution in [2.45, 2.75) is 18.9 Å². The van der Waals surface area contributed by atoms with Gasteiger partial charge in [-0.25, -0.2) is 5.10 Å². The van der Waals surface area contributed by atoms with Crippen molar-refractivity contribution in [1.29, 1.82) is 0 Å². The van der Waals surface area contributed by atoms with Gasteiger partial charge in [-0.3, -0.25) is 19.5 Å². The highest BCUT2D eigenvalue weighted by Crippen LogP contribution is 2.45. The second-order valence-electron chi connectivity index (χ2n) is 7.66. The van der Waals surface area contributed by atoms with Gasteiger partial charge >= 0.3 is 0 Å². The Hall–Kier alpha value is -3.84. The molecule has 0 fully saturated rings. The molecule has 1 unspecified atom stereocenters. The Morgan fingerprint density at radius 2 is 1.87 bits per heavy atom. The number of aromatic nitrogens is 3. The number of hydrogen-bond donors (Lipinski definition) is 1. The summed E-state index contributed by atoms with van der Waals surface area (Å²) >= 11 is 0. The predicted octanol–water partition coefficient (Wildman–Crippen LogP) is 3.45. The summed E-state index contributed by atoms with van der Waals surface area (Å²) < 4.78 is 5.61. The van der Waals surface area contributed by atoms with Gasteiger partial charge in [0.25, 0.3) is 11.5 Å². The zero-order valence-electron chi connectivity index (χ0n) is 17.1. The summed E-state index contributed by atoms with van der Waals surface area (Å²) in [6, 6.07) is 16.9. The van der Waals surface area contributed by atoms with Gasteiger partial charge in [0.15, 0.2) is 5.60 Å². The van der Waals surface area contributed by atoms with Crippen molar-refractivity contribution < 1.29 is 9.53 Å². The van der Waals surface area contributed by atoms with E-state index in [-0.39, 0.29) is 11.5 Å². The van der Waals surface area contributed by atoms with Crippen LogP contribution in [0.2, 0.25) is 0 Å². The predicted molar refractivity (Wildman–Crippen MR) is 117 cm³/mol. The summed E-state index contributed by atoms with van der Waals surface area (Å²) in [4.78, 5) is 31.2. The zero-order chi connectivity index (χ0) is 21.6. The molecule has 0 bridgehead atoms. The van der Waals surface area contributed by atoms with Crippen LogP contribution in [0.4, 0.5) is 11.4 Å². The molecule has 154 valence electrons. The Bertz CT molecular complexity index is 1380. The molecule has 1 N–H and O–H groups in total. The largest absolute Gasteiger partial charge is 0.364 e. The minimum absolute atomic E-state index is 0.164. The highest BCUT2D eigenvalue weighted by molar-refractivity contribution is 6.11. The van der Waals surface area contributed by atoms with Crippen LogP contribution in [0.15, 0.2) is 71.8 Å². The average molecular weight is 412 g/mol. The number of aromatic amines is 1. The molecule has 7 nitrogen and oxygen atoms in total. The van der Waals surface area contributed by atoms with E-state index in [2.05, 4.69) is 15.2 Å². The molecule has 5 rings (SSSR count). The summed E-state index contributed by atoms with van der Waals surface area (Å²) in [5, 5.41) is 8.27. The van der Waals surface area contributed by atoms with E-state index in [9.17, 15) is 9.59 Å². The molecule has 2 aromatic carbocycles. The van der Waals surface area contributed by atoms with E-state index in [0.717, 1.165) is 27.9 Å². The van der Waals surface area contributed by atoms with Gasteiger partial charge in [-0.1, -0.05) is 30.3 Å². The van der Waals surface area contributed by atoms with Crippen LogP contribution in [0.1, 0.15) is 23.7 Å². The van der Waals surface area contributed by atoms with E-state index in [1.54, 1.807) is 30.3 Å². The zero-order valence-corrected chi connectivity index (χ0v) is 17.1. The fourth-order valence-electron chi connectivity index (χ4n) is 4.16. The van der Waals surface area contributed by atoms with Crippen molar-refractivity contribution >= 4 is 28.1 Å². The lowest BCUT2D eigenvalue weighted by molar-refractivity contribution is -0.137. The topological polar surface area (TPSA) is 88.2 Å². The lowest BCUT2D eigenvalue weighted by Gasteiger charge is -2.23. The molecule has 0 aliphatic carbocycles. The molecule has 1 aliphatic rings. The minimum Gasteiger partial charge on any atom is -0.364 e. The molecule has 4 aromatic rings. The number of hydrogen-bond acceptors (Lipinski definition) is 5. The van der Waals surface area contributed by atoms with Gasteiger partial charge in [0, 0.05) is 36.4 Å². The molecule has 1 amide bonds. The van der Waals surface area contributed by atoms with Crippen molar-refractivity contribution in [3.63, 3.8) is 0 Å². The van der Waals surface area contributed by atoms with Gasteiger partial charge in [0.05, 0.1) is 23.0 Å². The van der Waals surface area contributed by atoms with Crippen LogP contribution >= 0.6 is 0 Å². The summed E-state index contributed by atoms with van der Waals surface area (Å²) in [6.45, 7) is 1.77. The number of fused-ring (bicyclic) bond motifs is 2. The second kappa shape index (κ2) is 7.14. The second-order valence-corrected chi connectivity index (χ2v) is 7.66. The molecule has 0 radical (unpaired) electrons. The molecular formula is C24H20N4O3. The Kier molecular flexibility index (Phi) is 4.41.